The van der Waals surface area contributed by atoms with E-state index in [-0.39, 0.29) is 5.28 Å². The average molecular weight is 400 g/mol. The lowest BCUT2D eigenvalue weighted by Crippen LogP contribution is -2.24. The zero-order valence-electron chi connectivity index (χ0n) is 15.5. The first kappa shape index (κ1) is 19.4. The van der Waals surface area contributed by atoms with E-state index in [2.05, 4.69) is 47.1 Å². The maximum Gasteiger partial charge on any atom is 0.225 e. The summed E-state index contributed by atoms with van der Waals surface area (Å²) in [7, 11) is 0. The van der Waals surface area contributed by atoms with Crippen LogP contribution in [-0.2, 0) is 0 Å². The molecule has 0 unspecified atom stereocenters. The Bertz CT molecular complexity index is 956. The molecule has 0 amide bonds. The van der Waals surface area contributed by atoms with Crippen LogP contribution in [0.5, 0.6) is 5.75 Å². The van der Waals surface area contributed by atoms with E-state index in [1.807, 2.05) is 31.2 Å². The molecule has 0 aliphatic carbocycles. The van der Waals surface area contributed by atoms with Gasteiger partial charge in [0.15, 0.2) is 0 Å². The molecule has 1 aromatic carbocycles. The predicted molar refractivity (Wildman–Crippen MR) is 116 cm³/mol. The summed E-state index contributed by atoms with van der Waals surface area (Å²) in [5.41, 5.74) is 2.23. The van der Waals surface area contributed by atoms with Crippen molar-refractivity contribution in [2.45, 2.75) is 13.8 Å². The molecule has 0 atom stereocenters. The van der Waals surface area contributed by atoms with Crippen LogP contribution in [0.1, 0.15) is 11.8 Å². The summed E-state index contributed by atoms with van der Waals surface area (Å²) >= 11 is 7.85. The summed E-state index contributed by atoms with van der Waals surface area (Å²) in [6.07, 6.45) is 3.70. The molecular weight excluding hydrogens is 378 g/mol. The molecule has 3 rings (SSSR count). The summed E-state index contributed by atoms with van der Waals surface area (Å²) in [6.45, 7) is 13.7. The molecular formula is C21H22ClN3OS. The van der Waals surface area contributed by atoms with Gasteiger partial charge in [-0.05, 0) is 43.1 Å². The highest BCUT2D eigenvalue weighted by Gasteiger charge is 2.21. The monoisotopic (exact) mass is 399 g/mol. The second-order valence-corrected chi connectivity index (χ2v) is 7.51. The molecule has 0 N–H and O–H groups in total. The number of aromatic nitrogens is 2. The summed E-state index contributed by atoms with van der Waals surface area (Å²) in [4.78, 5) is 13.2. The van der Waals surface area contributed by atoms with E-state index in [9.17, 15) is 0 Å². The van der Waals surface area contributed by atoms with Crippen molar-refractivity contribution >= 4 is 39.0 Å². The van der Waals surface area contributed by atoms with E-state index in [0.29, 0.717) is 19.7 Å². The fraction of sp³-hybridized carbons (Fsp3) is 0.238. The van der Waals surface area contributed by atoms with Crippen LogP contribution in [0.3, 0.4) is 0 Å². The van der Waals surface area contributed by atoms with E-state index in [4.69, 9.17) is 16.3 Å². The number of nitrogens with zero attached hydrogens (tertiary/aromatic N) is 3. The Morgan fingerprint density at radius 3 is 2.41 bits per heavy atom. The van der Waals surface area contributed by atoms with Gasteiger partial charge in [0.25, 0.3) is 0 Å². The molecule has 0 radical (unpaired) electrons. The van der Waals surface area contributed by atoms with E-state index >= 15 is 0 Å². The first-order valence-corrected chi connectivity index (χ1v) is 9.95. The van der Waals surface area contributed by atoms with E-state index in [1.165, 1.54) is 4.88 Å². The van der Waals surface area contributed by atoms with Crippen molar-refractivity contribution in [3.05, 3.63) is 59.7 Å². The van der Waals surface area contributed by atoms with Gasteiger partial charge in [-0.25, -0.2) is 4.98 Å². The summed E-state index contributed by atoms with van der Waals surface area (Å²) in [5.74, 6) is 1.66. The molecule has 0 saturated carbocycles. The first-order valence-electron chi connectivity index (χ1n) is 8.75. The molecule has 0 fully saturated rings. The number of thiophene rings is 1. The van der Waals surface area contributed by atoms with Crippen LogP contribution in [0.15, 0.2) is 49.6 Å². The van der Waals surface area contributed by atoms with Gasteiger partial charge in [0.1, 0.15) is 16.4 Å². The summed E-state index contributed by atoms with van der Waals surface area (Å²) < 4.78 is 5.57. The van der Waals surface area contributed by atoms with Crippen LogP contribution in [0.2, 0.25) is 5.28 Å². The fourth-order valence-corrected chi connectivity index (χ4v) is 4.34. The third-order valence-electron chi connectivity index (χ3n) is 4.13. The molecule has 2 aromatic heterocycles. The van der Waals surface area contributed by atoms with Crippen molar-refractivity contribution in [3.63, 3.8) is 0 Å². The molecule has 2 heterocycles. The Kier molecular flexibility index (Phi) is 6.14. The zero-order chi connectivity index (χ0) is 19.4. The van der Waals surface area contributed by atoms with Crippen LogP contribution in [0.4, 0.5) is 5.82 Å². The molecule has 0 spiro atoms. The first-order chi connectivity index (χ1) is 13.1. The smallest absolute Gasteiger partial charge is 0.225 e. The summed E-state index contributed by atoms with van der Waals surface area (Å²) in [5, 5.41) is 1.25. The van der Waals surface area contributed by atoms with Gasteiger partial charge in [0, 0.05) is 23.5 Å². The number of halogens is 1. The maximum atomic E-state index is 6.22. The Balaban J connectivity index is 2.22. The van der Waals surface area contributed by atoms with Crippen molar-refractivity contribution in [2.24, 2.45) is 0 Å². The Morgan fingerprint density at radius 1 is 1.15 bits per heavy atom. The minimum atomic E-state index is 0.245. The second kappa shape index (κ2) is 8.55. The van der Waals surface area contributed by atoms with Crippen molar-refractivity contribution in [1.29, 1.82) is 0 Å². The Morgan fingerprint density at radius 2 is 1.81 bits per heavy atom. The molecule has 0 bridgehead atoms. The summed E-state index contributed by atoms with van der Waals surface area (Å²) in [6, 6.07) is 8.12. The molecule has 27 heavy (non-hydrogen) atoms. The third kappa shape index (κ3) is 3.99. The second-order valence-electron chi connectivity index (χ2n) is 5.97. The number of rotatable bonds is 8. The lowest BCUT2D eigenvalue weighted by Gasteiger charge is -2.22. The number of ether oxygens (including phenoxy) is 1. The van der Waals surface area contributed by atoms with E-state index in [1.54, 1.807) is 11.3 Å². The minimum Gasteiger partial charge on any atom is -0.494 e. The van der Waals surface area contributed by atoms with Crippen LogP contribution in [0.25, 0.3) is 21.3 Å². The molecule has 140 valence electrons. The normalized spacial score (nSPS) is 10.8. The highest BCUT2D eigenvalue weighted by Crippen LogP contribution is 2.42. The highest BCUT2D eigenvalue weighted by molar-refractivity contribution is 7.19. The lowest BCUT2D eigenvalue weighted by molar-refractivity contribution is 0.340. The van der Waals surface area contributed by atoms with Crippen molar-refractivity contribution in [3.8, 4) is 16.9 Å². The molecule has 3 aromatic rings. The van der Waals surface area contributed by atoms with Gasteiger partial charge in [0.2, 0.25) is 5.28 Å². The molecule has 0 aliphatic heterocycles. The van der Waals surface area contributed by atoms with Gasteiger partial charge in [-0.3, -0.25) is 0 Å². The lowest BCUT2D eigenvalue weighted by atomic mass is 10.0. The van der Waals surface area contributed by atoms with Gasteiger partial charge in [-0.15, -0.1) is 24.5 Å². The number of hydrogen-bond acceptors (Lipinski definition) is 5. The quantitative estimate of drug-likeness (QED) is 0.349. The fourth-order valence-electron chi connectivity index (χ4n) is 3.09. The number of anilines is 1. The van der Waals surface area contributed by atoms with Gasteiger partial charge in [-0.1, -0.05) is 24.3 Å². The average Bonchev–Trinajstić information content (AvgIpc) is 2.97. The maximum absolute atomic E-state index is 6.22. The van der Waals surface area contributed by atoms with Crippen molar-refractivity contribution < 1.29 is 4.74 Å². The van der Waals surface area contributed by atoms with E-state index in [0.717, 1.165) is 32.9 Å². The van der Waals surface area contributed by atoms with Gasteiger partial charge >= 0.3 is 0 Å². The number of benzene rings is 1. The Labute approximate surface area is 168 Å². The SMILES string of the molecule is C=CCN(CC=C)c1nc(Cl)nc2sc(C)c(-c3ccc(OCC)cc3)c12. The number of hydrogen-bond donors (Lipinski definition) is 0. The highest BCUT2D eigenvalue weighted by atomic mass is 35.5. The standard InChI is InChI=1S/C21H22ClN3OS/c1-5-12-25(13-6-2)19-18-17(14(4)27-20(18)24-21(22)23-19)15-8-10-16(11-9-15)26-7-3/h5-6,8-11H,1-2,7,12-13H2,3-4H3. The van der Waals surface area contributed by atoms with Crippen LogP contribution >= 0.6 is 22.9 Å². The zero-order valence-corrected chi connectivity index (χ0v) is 17.1. The third-order valence-corrected chi connectivity index (χ3v) is 5.30. The number of fused-ring (bicyclic) bond motifs is 1. The van der Waals surface area contributed by atoms with Gasteiger partial charge in [-0.2, -0.15) is 4.98 Å². The predicted octanol–water partition coefficient (Wildman–Crippen LogP) is 5.90. The van der Waals surface area contributed by atoms with E-state index < -0.39 is 0 Å². The Hall–Kier alpha value is -2.37. The molecule has 6 heteroatoms. The van der Waals surface area contributed by atoms with Crippen molar-refractivity contribution in [1.82, 2.24) is 9.97 Å². The van der Waals surface area contributed by atoms with Gasteiger partial charge in [0.05, 0.1) is 12.0 Å². The number of aryl methyl sites for hydroxylation is 1. The molecule has 0 aliphatic rings. The van der Waals surface area contributed by atoms with Crippen LogP contribution < -0.4 is 9.64 Å². The molecule has 0 saturated heterocycles. The topological polar surface area (TPSA) is 38.2 Å². The van der Waals surface area contributed by atoms with Crippen LogP contribution in [-0.4, -0.2) is 29.7 Å². The minimum absolute atomic E-state index is 0.245. The van der Waals surface area contributed by atoms with Gasteiger partial charge < -0.3 is 9.64 Å². The largest absolute Gasteiger partial charge is 0.494 e. The van der Waals surface area contributed by atoms with Crippen molar-refractivity contribution in [2.75, 3.05) is 24.6 Å². The molecule has 4 nitrogen and oxygen atoms in total. The van der Waals surface area contributed by atoms with Crippen LogP contribution in [0, 0.1) is 6.92 Å².